The van der Waals surface area contributed by atoms with Crippen molar-refractivity contribution in [3.8, 4) is 0 Å². The van der Waals surface area contributed by atoms with E-state index in [0.717, 1.165) is 23.9 Å². The quantitative estimate of drug-likeness (QED) is 0.817. The van der Waals surface area contributed by atoms with Crippen LogP contribution in [0.1, 0.15) is 42.7 Å². The second-order valence-corrected chi connectivity index (χ2v) is 4.54. The number of carbonyl (C=O) groups is 1. The van der Waals surface area contributed by atoms with Crippen LogP contribution in [0.15, 0.2) is 6.20 Å². The molecule has 0 atom stereocenters. The van der Waals surface area contributed by atoms with Crippen molar-refractivity contribution in [1.29, 1.82) is 0 Å². The Labute approximate surface area is 104 Å². The molecular formula is C11H18BrN3O. The third-order valence-corrected chi connectivity index (χ3v) is 4.14. The van der Waals surface area contributed by atoms with Gasteiger partial charge in [0.2, 0.25) is 0 Å². The molecule has 1 heterocycles. The normalized spacial score (nSPS) is 11.5. The molecule has 0 aliphatic carbocycles. The van der Waals surface area contributed by atoms with E-state index in [4.69, 9.17) is 0 Å². The van der Waals surface area contributed by atoms with Crippen molar-refractivity contribution < 1.29 is 4.79 Å². The molecule has 0 aromatic carbocycles. The molecule has 1 amide bonds. The Balaban J connectivity index is 2.81. The molecule has 1 aromatic heterocycles. The number of alkyl halides is 1. The van der Waals surface area contributed by atoms with Crippen molar-refractivity contribution in [3.63, 3.8) is 0 Å². The molecular weight excluding hydrogens is 270 g/mol. The van der Waals surface area contributed by atoms with Gasteiger partial charge in [-0.15, -0.1) is 0 Å². The van der Waals surface area contributed by atoms with E-state index < -0.39 is 0 Å². The number of hydrogen-bond acceptors (Lipinski definition) is 2. The summed E-state index contributed by atoms with van der Waals surface area (Å²) in [5.41, 5.74) is 1.25. The van der Waals surface area contributed by atoms with E-state index in [1.54, 1.807) is 6.20 Å². The first-order valence-electron chi connectivity index (χ1n) is 5.47. The molecule has 0 unspecified atom stereocenters. The van der Waals surface area contributed by atoms with Crippen molar-refractivity contribution in [2.75, 3.05) is 5.33 Å². The molecule has 4 nitrogen and oxygen atoms in total. The lowest BCUT2D eigenvalue weighted by Gasteiger charge is -2.30. The van der Waals surface area contributed by atoms with Crippen molar-refractivity contribution in [1.82, 2.24) is 15.5 Å². The zero-order valence-corrected chi connectivity index (χ0v) is 11.5. The molecule has 0 fully saturated rings. The van der Waals surface area contributed by atoms with Crippen LogP contribution in [-0.4, -0.2) is 27.0 Å². The van der Waals surface area contributed by atoms with E-state index in [1.807, 2.05) is 6.92 Å². The van der Waals surface area contributed by atoms with Gasteiger partial charge in [-0.3, -0.25) is 9.89 Å². The molecule has 1 rings (SSSR count). The summed E-state index contributed by atoms with van der Waals surface area (Å²) < 4.78 is 0. The lowest BCUT2D eigenvalue weighted by Crippen LogP contribution is -2.49. The van der Waals surface area contributed by atoms with Crippen molar-refractivity contribution in [2.45, 2.75) is 39.2 Å². The van der Waals surface area contributed by atoms with Gasteiger partial charge in [0.25, 0.3) is 5.91 Å². The molecule has 0 bridgehead atoms. The first-order chi connectivity index (χ1) is 7.58. The van der Waals surface area contributed by atoms with E-state index in [1.165, 1.54) is 0 Å². The summed E-state index contributed by atoms with van der Waals surface area (Å²) >= 11 is 3.47. The summed E-state index contributed by atoms with van der Waals surface area (Å²) in [7, 11) is 0. The number of halogens is 1. The average molecular weight is 288 g/mol. The maximum atomic E-state index is 12.0. The van der Waals surface area contributed by atoms with Gasteiger partial charge in [-0.1, -0.05) is 29.8 Å². The number of carbonyl (C=O) groups excluding carboxylic acids is 1. The Morgan fingerprint density at radius 1 is 1.56 bits per heavy atom. The highest BCUT2D eigenvalue weighted by atomic mass is 79.9. The van der Waals surface area contributed by atoms with Gasteiger partial charge in [0.05, 0.1) is 11.8 Å². The lowest BCUT2D eigenvalue weighted by molar-refractivity contribution is 0.0903. The van der Waals surface area contributed by atoms with Crippen LogP contribution >= 0.6 is 15.9 Å². The molecule has 0 aliphatic heterocycles. The summed E-state index contributed by atoms with van der Waals surface area (Å²) in [6.07, 6.45) is 3.36. The molecule has 2 N–H and O–H groups in total. The van der Waals surface area contributed by atoms with Crippen LogP contribution in [0.2, 0.25) is 0 Å². The first-order valence-corrected chi connectivity index (χ1v) is 6.59. The van der Waals surface area contributed by atoms with E-state index in [9.17, 15) is 4.79 Å². The minimum Gasteiger partial charge on any atom is -0.346 e. The summed E-state index contributed by atoms with van der Waals surface area (Å²) in [6.45, 7) is 6.00. The number of nitrogens with one attached hydrogen (secondary N) is 2. The molecule has 1 aromatic rings. The Hall–Kier alpha value is -0.840. The SMILES string of the molecule is CCC(CC)(CBr)NC(=O)c1cn[nH]c1C. The Morgan fingerprint density at radius 2 is 2.19 bits per heavy atom. The van der Waals surface area contributed by atoms with Crippen LogP contribution in [0, 0.1) is 6.92 Å². The predicted octanol–water partition coefficient (Wildman–Crippen LogP) is 2.40. The van der Waals surface area contributed by atoms with Gasteiger partial charge in [-0.05, 0) is 19.8 Å². The molecule has 16 heavy (non-hydrogen) atoms. The first kappa shape index (κ1) is 13.2. The van der Waals surface area contributed by atoms with Crippen LogP contribution in [0.4, 0.5) is 0 Å². The number of nitrogens with zero attached hydrogens (tertiary/aromatic N) is 1. The van der Waals surface area contributed by atoms with Crippen LogP contribution in [-0.2, 0) is 0 Å². The van der Waals surface area contributed by atoms with Crippen LogP contribution in [0.25, 0.3) is 0 Å². The fraction of sp³-hybridized carbons (Fsp3) is 0.636. The minimum absolute atomic E-state index is 0.0607. The number of amides is 1. The summed E-state index contributed by atoms with van der Waals surface area (Å²) in [4.78, 5) is 12.0. The minimum atomic E-state index is -0.166. The van der Waals surface area contributed by atoms with E-state index >= 15 is 0 Å². The lowest BCUT2D eigenvalue weighted by atomic mass is 9.95. The average Bonchev–Trinajstić information content (AvgIpc) is 2.72. The van der Waals surface area contributed by atoms with Crippen LogP contribution in [0.3, 0.4) is 0 Å². The summed E-state index contributed by atoms with van der Waals surface area (Å²) in [5.74, 6) is -0.0607. The highest BCUT2D eigenvalue weighted by molar-refractivity contribution is 9.09. The molecule has 0 spiro atoms. The van der Waals surface area contributed by atoms with E-state index in [0.29, 0.717) is 5.56 Å². The summed E-state index contributed by atoms with van der Waals surface area (Å²) in [5, 5.41) is 10.5. The van der Waals surface area contributed by atoms with E-state index in [-0.39, 0.29) is 11.4 Å². The maximum Gasteiger partial charge on any atom is 0.255 e. The van der Waals surface area contributed by atoms with Crippen molar-refractivity contribution in [3.05, 3.63) is 17.5 Å². The Bertz CT molecular complexity index is 350. The number of aromatic amines is 1. The standard InChI is InChI=1S/C11H18BrN3O/c1-4-11(5-2,7-12)14-10(16)9-6-13-15-8(9)3/h6H,4-5,7H2,1-3H3,(H,13,15)(H,14,16). The number of hydrogen-bond donors (Lipinski definition) is 2. The highest BCUT2D eigenvalue weighted by Gasteiger charge is 2.27. The number of aromatic nitrogens is 2. The zero-order valence-electron chi connectivity index (χ0n) is 9.93. The third-order valence-electron chi connectivity index (χ3n) is 3.06. The molecule has 0 saturated heterocycles. The Morgan fingerprint density at radius 3 is 2.56 bits per heavy atom. The van der Waals surface area contributed by atoms with Gasteiger partial charge in [0, 0.05) is 16.6 Å². The van der Waals surface area contributed by atoms with Crippen LogP contribution in [0.5, 0.6) is 0 Å². The van der Waals surface area contributed by atoms with Gasteiger partial charge >= 0.3 is 0 Å². The van der Waals surface area contributed by atoms with E-state index in [2.05, 4.69) is 45.3 Å². The monoisotopic (exact) mass is 287 g/mol. The maximum absolute atomic E-state index is 12.0. The second kappa shape index (κ2) is 5.48. The molecule has 0 saturated carbocycles. The Kier molecular flexibility index (Phi) is 4.53. The number of H-pyrrole nitrogens is 1. The highest BCUT2D eigenvalue weighted by Crippen LogP contribution is 2.19. The van der Waals surface area contributed by atoms with Crippen molar-refractivity contribution >= 4 is 21.8 Å². The fourth-order valence-electron chi connectivity index (χ4n) is 1.54. The molecule has 5 heteroatoms. The van der Waals surface area contributed by atoms with Gasteiger partial charge in [0.1, 0.15) is 0 Å². The van der Waals surface area contributed by atoms with Gasteiger partial charge in [-0.2, -0.15) is 5.10 Å². The molecule has 0 aliphatic rings. The summed E-state index contributed by atoms with van der Waals surface area (Å²) in [6, 6.07) is 0. The number of rotatable bonds is 5. The molecule has 0 radical (unpaired) electrons. The topological polar surface area (TPSA) is 57.8 Å². The zero-order chi connectivity index (χ0) is 12.2. The predicted molar refractivity (Wildman–Crippen MR) is 67.9 cm³/mol. The van der Waals surface area contributed by atoms with Crippen LogP contribution < -0.4 is 5.32 Å². The van der Waals surface area contributed by atoms with Gasteiger partial charge in [0.15, 0.2) is 0 Å². The van der Waals surface area contributed by atoms with Gasteiger partial charge in [-0.25, -0.2) is 0 Å². The second-order valence-electron chi connectivity index (χ2n) is 3.98. The smallest absolute Gasteiger partial charge is 0.255 e. The van der Waals surface area contributed by atoms with Crippen molar-refractivity contribution in [2.24, 2.45) is 0 Å². The number of aryl methyl sites for hydroxylation is 1. The molecule has 90 valence electrons. The van der Waals surface area contributed by atoms with Gasteiger partial charge < -0.3 is 5.32 Å². The third kappa shape index (κ3) is 2.64. The fourth-order valence-corrected chi connectivity index (χ4v) is 2.47. The largest absolute Gasteiger partial charge is 0.346 e.